The van der Waals surface area contributed by atoms with Gasteiger partial charge in [-0.1, -0.05) is 0 Å². The molecule has 0 N–H and O–H groups in total. The molecule has 0 aromatic heterocycles. The summed E-state index contributed by atoms with van der Waals surface area (Å²) >= 11 is 0. The summed E-state index contributed by atoms with van der Waals surface area (Å²) in [6.45, 7) is 7.58. The van der Waals surface area contributed by atoms with E-state index in [9.17, 15) is 0 Å². The second kappa shape index (κ2) is 6.57. The largest absolute Gasteiger partial charge is 0.288 e. The van der Waals surface area contributed by atoms with Gasteiger partial charge in [0.15, 0.2) is 0 Å². The van der Waals surface area contributed by atoms with E-state index in [1.807, 2.05) is 0 Å². The van der Waals surface area contributed by atoms with Crippen LogP contribution >= 0.6 is 0 Å². The van der Waals surface area contributed by atoms with Gasteiger partial charge in [-0.2, -0.15) is 0 Å². The minimum atomic E-state index is 0.759. The van der Waals surface area contributed by atoms with Gasteiger partial charge in [0.05, 0.1) is 35.9 Å². The predicted octanol–water partition coefficient (Wildman–Crippen LogP) is 2.38. The predicted molar refractivity (Wildman–Crippen MR) is 79.0 cm³/mol. The number of aliphatic imine (C=N–C) groups is 4. The zero-order valence-corrected chi connectivity index (χ0v) is 11.4. The van der Waals surface area contributed by atoms with E-state index < -0.39 is 0 Å². The van der Waals surface area contributed by atoms with Gasteiger partial charge in [0.1, 0.15) is 0 Å². The Bertz CT molecular complexity index is 376. The Labute approximate surface area is 109 Å². The number of hydrogen-bond acceptors (Lipinski definition) is 4. The van der Waals surface area contributed by atoms with Crippen LogP contribution < -0.4 is 0 Å². The number of hydrogen-bond donors (Lipinski definition) is 0. The second-order valence-corrected chi connectivity index (χ2v) is 4.80. The van der Waals surface area contributed by atoms with Gasteiger partial charge in [-0.15, -0.1) is 0 Å². The Morgan fingerprint density at radius 1 is 0.889 bits per heavy atom. The molecule has 0 unspecified atom stereocenters. The molecule has 98 valence electrons. The summed E-state index contributed by atoms with van der Waals surface area (Å²) in [5.41, 5.74) is 4.57. The third kappa shape index (κ3) is 3.59. The summed E-state index contributed by atoms with van der Waals surface area (Å²) in [5.74, 6) is 0. The molecule has 0 saturated heterocycles. The van der Waals surface area contributed by atoms with Gasteiger partial charge < -0.3 is 0 Å². The summed E-state index contributed by atoms with van der Waals surface area (Å²) in [6, 6.07) is 0. The van der Waals surface area contributed by atoms with Crippen molar-refractivity contribution in [1.82, 2.24) is 0 Å². The van der Waals surface area contributed by atoms with Crippen molar-refractivity contribution in [3.8, 4) is 0 Å². The molecule has 0 amide bonds. The van der Waals surface area contributed by atoms with Crippen molar-refractivity contribution in [3.63, 3.8) is 0 Å². The fraction of sp³-hybridized carbons (Fsp3) is 0.714. The quantitative estimate of drug-likeness (QED) is 0.528. The number of nitrogens with zero attached hydrogens (tertiary/aromatic N) is 4. The summed E-state index contributed by atoms with van der Waals surface area (Å²) in [4.78, 5) is 18.0. The minimum absolute atomic E-state index is 0.759. The Morgan fingerprint density at radius 2 is 1.33 bits per heavy atom. The Morgan fingerprint density at radius 3 is 1.67 bits per heavy atom. The Hall–Kier alpha value is -1.32. The zero-order valence-electron chi connectivity index (χ0n) is 11.4. The van der Waals surface area contributed by atoms with E-state index in [0.717, 1.165) is 50.4 Å². The minimum Gasteiger partial charge on any atom is -0.288 e. The van der Waals surface area contributed by atoms with E-state index >= 15 is 0 Å². The molecule has 0 aliphatic carbocycles. The van der Waals surface area contributed by atoms with Crippen LogP contribution in [0.3, 0.4) is 0 Å². The van der Waals surface area contributed by atoms with Crippen molar-refractivity contribution >= 4 is 22.8 Å². The molecule has 0 spiro atoms. The topological polar surface area (TPSA) is 49.4 Å². The van der Waals surface area contributed by atoms with Gasteiger partial charge in [-0.25, -0.2) is 0 Å². The maximum absolute atomic E-state index is 4.54. The summed E-state index contributed by atoms with van der Waals surface area (Å²) in [6.07, 6.45) is 4.54. The highest BCUT2D eigenvalue weighted by molar-refractivity contribution is 6.42. The van der Waals surface area contributed by atoms with Crippen LogP contribution in [0.15, 0.2) is 20.0 Å². The third-order valence-electron chi connectivity index (χ3n) is 3.38. The molecule has 0 aromatic carbocycles. The fourth-order valence-corrected chi connectivity index (χ4v) is 2.29. The fourth-order valence-electron chi connectivity index (χ4n) is 2.29. The van der Waals surface area contributed by atoms with E-state index in [-0.39, 0.29) is 0 Å². The lowest BCUT2D eigenvalue weighted by Gasteiger charge is -2.00. The maximum Gasteiger partial charge on any atom is 0.0589 e. The molecular weight excluding hydrogens is 224 g/mol. The van der Waals surface area contributed by atoms with Gasteiger partial charge in [0.2, 0.25) is 0 Å². The monoisotopic (exact) mass is 246 g/mol. The lowest BCUT2D eigenvalue weighted by Crippen LogP contribution is -2.10. The van der Waals surface area contributed by atoms with Gasteiger partial charge in [0, 0.05) is 13.1 Å². The lowest BCUT2D eigenvalue weighted by atomic mass is 10.2. The standard InChI is InChI=1S/C14H22N4/c1-11(13-5-3-7-17-13)15-9-10-16-12(2)14-6-4-8-18-14/h3-10H2,1-2H3. The molecule has 0 atom stereocenters. The van der Waals surface area contributed by atoms with Gasteiger partial charge in [-0.3, -0.25) is 20.0 Å². The van der Waals surface area contributed by atoms with E-state index in [2.05, 4.69) is 33.8 Å². The SMILES string of the molecule is CC(=NCCN=C(C)C1=NCCC1)C1=NCCC1. The van der Waals surface area contributed by atoms with Crippen LogP contribution in [0.5, 0.6) is 0 Å². The summed E-state index contributed by atoms with van der Waals surface area (Å²) in [5, 5.41) is 0. The van der Waals surface area contributed by atoms with E-state index in [1.165, 1.54) is 24.3 Å². The average Bonchev–Trinajstić information content (AvgIpc) is 3.05. The highest BCUT2D eigenvalue weighted by Crippen LogP contribution is 2.06. The molecule has 0 radical (unpaired) electrons. The molecule has 4 heteroatoms. The van der Waals surface area contributed by atoms with Crippen molar-refractivity contribution in [1.29, 1.82) is 0 Å². The first-order valence-electron chi connectivity index (χ1n) is 6.87. The first kappa shape index (κ1) is 13.1. The summed E-state index contributed by atoms with van der Waals surface area (Å²) < 4.78 is 0. The van der Waals surface area contributed by atoms with Crippen molar-refractivity contribution in [2.24, 2.45) is 20.0 Å². The lowest BCUT2D eigenvalue weighted by molar-refractivity contribution is 0.950. The third-order valence-corrected chi connectivity index (χ3v) is 3.38. The second-order valence-electron chi connectivity index (χ2n) is 4.80. The highest BCUT2D eigenvalue weighted by Gasteiger charge is 2.09. The molecule has 2 aliphatic rings. The molecule has 0 bridgehead atoms. The zero-order chi connectivity index (χ0) is 12.8. The van der Waals surface area contributed by atoms with Crippen LogP contribution in [0.2, 0.25) is 0 Å². The van der Waals surface area contributed by atoms with E-state index in [0.29, 0.717) is 0 Å². The van der Waals surface area contributed by atoms with Gasteiger partial charge in [-0.05, 0) is 39.5 Å². The molecule has 0 fully saturated rings. The highest BCUT2D eigenvalue weighted by atomic mass is 14.9. The van der Waals surface area contributed by atoms with Crippen molar-refractivity contribution in [3.05, 3.63) is 0 Å². The molecule has 0 aromatic rings. The Balaban J connectivity index is 1.78. The van der Waals surface area contributed by atoms with E-state index in [4.69, 9.17) is 0 Å². The van der Waals surface area contributed by atoms with Gasteiger partial charge >= 0.3 is 0 Å². The molecule has 2 heterocycles. The Kier molecular flexibility index (Phi) is 4.79. The molecule has 2 rings (SSSR count). The van der Waals surface area contributed by atoms with Crippen molar-refractivity contribution in [2.75, 3.05) is 26.2 Å². The molecular formula is C14H22N4. The first-order chi connectivity index (χ1) is 8.77. The van der Waals surface area contributed by atoms with Crippen LogP contribution in [-0.2, 0) is 0 Å². The molecule has 2 aliphatic heterocycles. The van der Waals surface area contributed by atoms with Crippen LogP contribution in [0.4, 0.5) is 0 Å². The maximum atomic E-state index is 4.54. The average molecular weight is 246 g/mol. The van der Waals surface area contributed by atoms with Crippen LogP contribution in [0, 0.1) is 0 Å². The van der Waals surface area contributed by atoms with Crippen molar-refractivity contribution in [2.45, 2.75) is 39.5 Å². The van der Waals surface area contributed by atoms with E-state index in [1.54, 1.807) is 0 Å². The first-order valence-corrected chi connectivity index (χ1v) is 6.87. The van der Waals surface area contributed by atoms with Crippen molar-refractivity contribution < 1.29 is 0 Å². The summed E-state index contributed by atoms with van der Waals surface area (Å²) in [7, 11) is 0. The smallest absolute Gasteiger partial charge is 0.0589 e. The molecule has 4 nitrogen and oxygen atoms in total. The van der Waals surface area contributed by atoms with Crippen LogP contribution in [-0.4, -0.2) is 49.0 Å². The normalized spacial score (nSPS) is 21.2. The molecule has 18 heavy (non-hydrogen) atoms. The molecule has 0 saturated carbocycles. The number of rotatable bonds is 5. The van der Waals surface area contributed by atoms with Crippen LogP contribution in [0.1, 0.15) is 39.5 Å². The van der Waals surface area contributed by atoms with Gasteiger partial charge in [0.25, 0.3) is 0 Å². The van der Waals surface area contributed by atoms with Crippen LogP contribution in [0.25, 0.3) is 0 Å².